The van der Waals surface area contributed by atoms with Gasteiger partial charge < -0.3 is 10.6 Å². The number of hydrogen-bond acceptors (Lipinski definition) is 4. The predicted octanol–water partition coefficient (Wildman–Crippen LogP) is 3.40. The quantitative estimate of drug-likeness (QED) is 0.769. The normalized spacial score (nSPS) is 12.3. The van der Waals surface area contributed by atoms with Gasteiger partial charge in [-0.15, -0.1) is 0 Å². The van der Waals surface area contributed by atoms with E-state index in [1.807, 2.05) is 31.2 Å². The van der Waals surface area contributed by atoms with E-state index < -0.39 is 0 Å². The van der Waals surface area contributed by atoms with Gasteiger partial charge in [0.25, 0.3) is 0 Å². The van der Waals surface area contributed by atoms with Gasteiger partial charge in [-0.1, -0.05) is 43.2 Å². The minimum absolute atomic E-state index is 0.0281. The lowest BCUT2D eigenvalue weighted by Gasteiger charge is -2.12. The summed E-state index contributed by atoms with van der Waals surface area (Å²) in [4.78, 5) is 16.4. The number of anilines is 1. The molecule has 20 heavy (non-hydrogen) atoms. The highest BCUT2D eigenvalue weighted by molar-refractivity contribution is 7.22. The van der Waals surface area contributed by atoms with Gasteiger partial charge >= 0.3 is 0 Å². The summed E-state index contributed by atoms with van der Waals surface area (Å²) in [5.74, 6) is 0.0281. The molecule has 2 rings (SSSR count). The van der Waals surface area contributed by atoms with Crippen molar-refractivity contribution >= 4 is 32.6 Å². The molecule has 0 unspecified atom stereocenters. The summed E-state index contributed by atoms with van der Waals surface area (Å²) in [6.45, 7) is 4.76. The molecule has 0 saturated heterocycles. The first-order valence-corrected chi connectivity index (χ1v) is 7.92. The van der Waals surface area contributed by atoms with Gasteiger partial charge in [-0.05, 0) is 25.5 Å². The molecule has 0 saturated carbocycles. The first kappa shape index (κ1) is 14.8. The average molecular weight is 291 g/mol. The topological polar surface area (TPSA) is 54.0 Å². The van der Waals surface area contributed by atoms with Crippen molar-refractivity contribution < 1.29 is 4.79 Å². The molecule has 4 nitrogen and oxygen atoms in total. The number of carbonyl (C=O) groups excluding carboxylic acids is 1. The Balaban J connectivity index is 1.86. The van der Waals surface area contributed by atoms with Crippen molar-refractivity contribution in [2.75, 3.05) is 11.9 Å². The molecule has 0 aliphatic heterocycles. The zero-order valence-corrected chi connectivity index (χ0v) is 12.8. The number of aromatic nitrogens is 1. The first-order valence-electron chi connectivity index (χ1n) is 7.10. The molecule has 5 heteroatoms. The van der Waals surface area contributed by atoms with Crippen LogP contribution in [0.2, 0.25) is 0 Å². The van der Waals surface area contributed by atoms with Crippen molar-refractivity contribution in [1.82, 2.24) is 10.3 Å². The third kappa shape index (κ3) is 3.93. The molecule has 0 aliphatic carbocycles. The predicted molar refractivity (Wildman–Crippen MR) is 85.2 cm³/mol. The molecule has 2 N–H and O–H groups in total. The molecule has 0 radical (unpaired) electrons. The SMILES string of the molecule is CCCCCNC(=O)[C@H](C)Nc1nc2ccccc2s1. The van der Waals surface area contributed by atoms with Gasteiger partial charge in [0.05, 0.1) is 10.2 Å². The summed E-state index contributed by atoms with van der Waals surface area (Å²) in [6, 6.07) is 7.71. The number of benzene rings is 1. The van der Waals surface area contributed by atoms with Gasteiger partial charge in [-0.2, -0.15) is 0 Å². The van der Waals surface area contributed by atoms with Crippen molar-refractivity contribution in [1.29, 1.82) is 0 Å². The standard InChI is InChI=1S/C15H21N3OS/c1-3-4-7-10-16-14(19)11(2)17-15-18-12-8-5-6-9-13(12)20-15/h5-6,8-9,11H,3-4,7,10H2,1-2H3,(H,16,19)(H,17,18)/t11-/m0/s1. The van der Waals surface area contributed by atoms with Gasteiger partial charge in [0, 0.05) is 6.54 Å². The van der Waals surface area contributed by atoms with Crippen LogP contribution in [0.15, 0.2) is 24.3 Å². The van der Waals surface area contributed by atoms with E-state index in [0.29, 0.717) is 0 Å². The fraction of sp³-hybridized carbons (Fsp3) is 0.467. The molecule has 1 atom stereocenters. The summed E-state index contributed by atoms with van der Waals surface area (Å²) < 4.78 is 1.13. The van der Waals surface area contributed by atoms with Crippen LogP contribution in [-0.2, 0) is 4.79 Å². The Kier molecular flexibility index (Phi) is 5.35. The number of amides is 1. The van der Waals surface area contributed by atoms with Gasteiger partial charge in [0.1, 0.15) is 6.04 Å². The van der Waals surface area contributed by atoms with E-state index in [-0.39, 0.29) is 11.9 Å². The Hall–Kier alpha value is -1.62. The zero-order chi connectivity index (χ0) is 14.4. The summed E-state index contributed by atoms with van der Waals surface area (Å²) in [7, 11) is 0. The number of carbonyl (C=O) groups is 1. The molecule has 1 heterocycles. The van der Waals surface area contributed by atoms with Crippen LogP contribution in [-0.4, -0.2) is 23.5 Å². The highest BCUT2D eigenvalue weighted by Crippen LogP contribution is 2.25. The fourth-order valence-electron chi connectivity index (χ4n) is 1.92. The van der Waals surface area contributed by atoms with Gasteiger partial charge in [0.15, 0.2) is 5.13 Å². The monoisotopic (exact) mass is 291 g/mol. The van der Waals surface area contributed by atoms with Crippen LogP contribution >= 0.6 is 11.3 Å². The second kappa shape index (κ2) is 7.24. The minimum Gasteiger partial charge on any atom is -0.354 e. The Morgan fingerprint density at radius 3 is 2.90 bits per heavy atom. The summed E-state index contributed by atoms with van der Waals surface area (Å²) in [5, 5.41) is 6.91. The number of thiazole rings is 1. The minimum atomic E-state index is -0.266. The zero-order valence-electron chi connectivity index (χ0n) is 12.0. The molecule has 1 amide bonds. The molecule has 0 fully saturated rings. The van der Waals surface area contributed by atoms with E-state index in [9.17, 15) is 4.79 Å². The Bertz CT molecular complexity index is 534. The molecule has 1 aromatic carbocycles. The molecule has 0 aliphatic rings. The molecular weight excluding hydrogens is 270 g/mol. The Morgan fingerprint density at radius 2 is 2.15 bits per heavy atom. The van der Waals surface area contributed by atoms with Crippen LogP contribution in [0, 0.1) is 0 Å². The van der Waals surface area contributed by atoms with E-state index in [0.717, 1.165) is 41.2 Å². The molecule has 0 spiro atoms. The molecule has 0 bridgehead atoms. The maximum atomic E-state index is 11.9. The first-order chi connectivity index (χ1) is 9.70. The number of nitrogens with zero attached hydrogens (tertiary/aromatic N) is 1. The van der Waals surface area contributed by atoms with Crippen LogP contribution in [0.25, 0.3) is 10.2 Å². The van der Waals surface area contributed by atoms with Crippen molar-refractivity contribution in [3.05, 3.63) is 24.3 Å². The number of hydrogen-bond donors (Lipinski definition) is 2. The summed E-state index contributed by atoms with van der Waals surface area (Å²) >= 11 is 1.57. The van der Waals surface area contributed by atoms with Gasteiger partial charge in [0.2, 0.25) is 5.91 Å². The lowest BCUT2D eigenvalue weighted by molar-refractivity contribution is -0.121. The Labute approximate surface area is 123 Å². The van der Waals surface area contributed by atoms with Crippen LogP contribution in [0.5, 0.6) is 0 Å². The third-order valence-corrected chi connectivity index (χ3v) is 4.07. The van der Waals surface area contributed by atoms with E-state index in [1.165, 1.54) is 0 Å². The smallest absolute Gasteiger partial charge is 0.242 e. The van der Waals surface area contributed by atoms with E-state index in [1.54, 1.807) is 11.3 Å². The molecular formula is C15H21N3OS. The summed E-state index contributed by atoms with van der Waals surface area (Å²) in [6.07, 6.45) is 3.35. The second-order valence-electron chi connectivity index (χ2n) is 4.85. The maximum absolute atomic E-state index is 11.9. The van der Waals surface area contributed by atoms with E-state index in [2.05, 4.69) is 22.5 Å². The molecule has 108 valence electrons. The van der Waals surface area contributed by atoms with E-state index >= 15 is 0 Å². The Morgan fingerprint density at radius 1 is 1.35 bits per heavy atom. The maximum Gasteiger partial charge on any atom is 0.242 e. The molecule has 1 aromatic heterocycles. The van der Waals surface area contributed by atoms with Crippen molar-refractivity contribution in [3.63, 3.8) is 0 Å². The highest BCUT2D eigenvalue weighted by atomic mass is 32.1. The van der Waals surface area contributed by atoms with E-state index in [4.69, 9.17) is 0 Å². The average Bonchev–Trinajstić information content (AvgIpc) is 2.85. The number of unbranched alkanes of at least 4 members (excludes halogenated alkanes) is 2. The highest BCUT2D eigenvalue weighted by Gasteiger charge is 2.13. The van der Waals surface area contributed by atoms with Gasteiger partial charge in [-0.25, -0.2) is 4.98 Å². The van der Waals surface area contributed by atoms with Crippen LogP contribution < -0.4 is 10.6 Å². The largest absolute Gasteiger partial charge is 0.354 e. The molecule has 2 aromatic rings. The fourth-order valence-corrected chi connectivity index (χ4v) is 2.88. The number of rotatable bonds is 7. The van der Waals surface area contributed by atoms with Crippen molar-refractivity contribution in [2.24, 2.45) is 0 Å². The lowest BCUT2D eigenvalue weighted by Crippen LogP contribution is -2.37. The number of nitrogens with one attached hydrogen (secondary N) is 2. The summed E-state index contributed by atoms with van der Waals surface area (Å²) in [5.41, 5.74) is 0.968. The number of fused-ring (bicyclic) bond motifs is 1. The van der Waals surface area contributed by atoms with Crippen molar-refractivity contribution in [2.45, 2.75) is 39.2 Å². The van der Waals surface area contributed by atoms with Crippen LogP contribution in [0.1, 0.15) is 33.1 Å². The lowest BCUT2D eigenvalue weighted by atomic mass is 10.2. The number of para-hydroxylation sites is 1. The van der Waals surface area contributed by atoms with Crippen molar-refractivity contribution in [3.8, 4) is 0 Å². The third-order valence-electron chi connectivity index (χ3n) is 3.11. The van der Waals surface area contributed by atoms with Crippen LogP contribution in [0.3, 0.4) is 0 Å². The van der Waals surface area contributed by atoms with Crippen LogP contribution in [0.4, 0.5) is 5.13 Å². The van der Waals surface area contributed by atoms with Gasteiger partial charge in [-0.3, -0.25) is 4.79 Å². The second-order valence-corrected chi connectivity index (χ2v) is 5.88.